The third-order valence-electron chi connectivity index (χ3n) is 2.11. The van der Waals surface area contributed by atoms with Gasteiger partial charge in [-0.1, -0.05) is 26.2 Å². The molecule has 0 aromatic rings. The molecule has 0 fully saturated rings. The van der Waals surface area contributed by atoms with Crippen molar-refractivity contribution in [3.8, 4) is 0 Å². The number of hydrogen-bond donors (Lipinski definition) is 1. The Kier molecular flexibility index (Phi) is 8.05. The second-order valence-corrected chi connectivity index (χ2v) is 4.54. The fourth-order valence-electron chi connectivity index (χ4n) is 1.46. The van der Waals surface area contributed by atoms with E-state index in [9.17, 15) is 4.79 Å². The fourth-order valence-corrected chi connectivity index (χ4v) is 1.94. The Morgan fingerprint density at radius 2 is 2.07 bits per heavy atom. The van der Waals surface area contributed by atoms with Crippen LogP contribution in [0.25, 0.3) is 0 Å². The quantitative estimate of drug-likeness (QED) is 0.403. The molecule has 0 heterocycles. The molecule has 14 heavy (non-hydrogen) atoms. The Hall–Kier alpha value is -0.180. The number of unbranched alkanes of at least 4 members (excludes halogenated alkanes) is 2. The molecule has 2 atom stereocenters. The Morgan fingerprint density at radius 3 is 2.57 bits per heavy atom. The summed E-state index contributed by atoms with van der Waals surface area (Å²) < 4.78 is 5.04. The van der Waals surface area contributed by atoms with Gasteiger partial charge in [-0.05, 0) is 19.8 Å². The average molecular weight is 218 g/mol. The molecule has 0 aliphatic heterocycles. The summed E-state index contributed by atoms with van der Waals surface area (Å²) in [6.07, 6.45) is 5.68. The molecule has 0 spiro atoms. The minimum absolute atomic E-state index is 0.00312. The maximum Gasteiger partial charge on any atom is 0.302 e. The van der Waals surface area contributed by atoms with Crippen molar-refractivity contribution in [1.29, 1.82) is 0 Å². The summed E-state index contributed by atoms with van der Waals surface area (Å²) in [6, 6.07) is 0. The van der Waals surface area contributed by atoms with Gasteiger partial charge in [0.15, 0.2) is 0 Å². The van der Waals surface area contributed by atoms with Crippen molar-refractivity contribution in [2.45, 2.75) is 64.2 Å². The molecule has 2 nitrogen and oxygen atoms in total. The topological polar surface area (TPSA) is 26.3 Å². The van der Waals surface area contributed by atoms with Gasteiger partial charge in [0.2, 0.25) is 0 Å². The van der Waals surface area contributed by atoms with Gasteiger partial charge in [0, 0.05) is 12.2 Å². The number of carbonyl (C=O) groups is 1. The molecular formula is C11H22O2S. The average Bonchev–Trinajstić information content (AvgIpc) is 2.02. The molecule has 0 radical (unpaired) electrons. The normalized spacial score (nSPS) is 14.9. The van der Waals surface area contributed by atoms with Gasteiger partial charge in [-0.15, -0.1) is 0 Å². The van der Waals surface area contributed by atoms with Gasteiger partial charge >= 0.3 is 5.97 Å². The van der Waals surface area contributed by atoms with Crippen LogP contribution < -0.4 is 0 Å². The van der Waals surface area contributed by atoms with Crippen LogP contribution in [0.4, 0.5) is 0 Å². The summed E-state index contributed by atoms with van der Waals surface area (Å²) in [4.78, 5) is 10.6. The zero-order valence-electron chi connectivity index (χ0n) is 9.45. The Balaban J connectivity index is 3.49. The predicted molar refractivity (Wildman–Crippen MR) is 62.8 cm³/mol. The molecule has 0 aliphatic carbocycles. The molecule has 84 valence electrons. The Bertz CT molecular complexity index is 159. The lowest BCUT2D eigenvalue weighted by Crippen LogP contribution is -2.17. The van der Waals surface area contributed by atoms with Crippen molar-refractivity contribution in [2.75, 3.05) is 0 Å². The second-order valence-electron chi connectivity index (χ2n) is 3.81. The van der Waals surface area contributed by atoms with Crippen molar-refractivity contribution in [3.63, 3.8) is 0 Å². The summed E-state index contributed by atoms with van der Waals surface area (Å²) >= 11 is 4.47. The standard InChI is InChI=1S/C11H22O2S/c1-4-5-6-7-11(14)8-9(2)13-10(3)12/h9,11,14H,4-8H2,1-3H3. The number of thiol groups is 1. The van der Waals surface area contributed by atoms with Crippen LogP contribution >= 0.6 is 12.6 Å². The van der Waals surface area contributed by atoms with E-state index in [2.05, 4.69) is 19.6 Å². The minimum atomic E-state index is -0.202. The molecule has 0 aromatic carbocycles. The van der Waals surface area contributed by atoms with Gasteiger partial charge in [0.25, 0.3) is 0 Å². The lowest BCUT2D eigenvalue weighted by Gasteiger charge is -2.16. The van der Waals surface area contributed by atoms with E-state index in [1.54, 1.807) is 0 Å². The van der Waals surface area contributed by atoms with Gasteiger partial charge in [0.05, 0.1) is 0 Å². The molecule has 2 unspecified atom stereocenters. The predicted octanol–water partition coefficient (Wildman–Crippen LogP) is 3.21. The SMILES string of the molecule is CCCCCC(S)CC(C)OC(C)=O. The van der Waals surface area contributed by atoms with E-state index in [1.807, 2.05) is 6.92 Å². The maximum atomic E-state index is 10.6. The molecule has 0 amide bonds. The first-order chi connectivity index (χ1) is 6.56. The lowest BCUT2D eigenvalue weighted by molar-refractivity contribution is -0.145. The monoisotopic (exact) mass is 218 g/mol. The first-order valence-electron chi connectivity index (χ1n) is 5.41. The van der Waals surface area contributed by atoms with Gasteiger partial charge < -0.3 is 4.74 Å². The van der Waals surface area contributed by atoms with Gasteiger partial charge in [-0.25, -0.2) is 0 Å². The molecule has 0 aliphatic rings. The zero-order chi connectivity index (χ0) is 11.0. The number of hydrogen-bond acceptors (Lipinski definition) is 3. The van der Waals surface area contributed by atoms with Crippen LogP contribution in [0.3, 0.4) is 0 Å². The molecule has 0 bridgehead atoms. The largest absolute Gasteiger partial charge is 0.463 e. The molecule has 0 rings (SSSR count). The first-order valence-corrected chi connectivity index (χ1v) is 5.93. The minimum Gasteiger partial charge on any atom is -0.463 e. The number of esters is 1. The van der Waals surface area contributed by atoms with Crippen molar-refractivity contribution in [1.82, 2.24) is 0 Å². The Labute approximate surface area is 92.8 Å². The van der Waals surface area contributed by atoms with Crippen molar-refractivity contribution in [2.24, 2.45) is 0 Å². The smallest absolute Gasteiger partial charge is 0.302 e. The lowest BCUT2D eigenvalue weighted by atomic mass is 10.1. The highest BCUT2D eigenvalue weighted by atomic mass is 32.1. The molecule has 0 N–H and O–H groups in total. The number of ether oxygens (including phenoxy) is 1. The molecule has 0 aromatic heterocycles. The summed E-state index contributed by atoms with van der Waals surface area (Å²) in [7, 11) is 0. The van der Waals surface area contributed by atoms with Crippen LogP contribution in [0.1, 0.15) is 52.9 Å². The van der Waals surface area contributed by atoms with E-state index in [1.165, 1.54) is 26.2 Å². The summed E-state index contributed by atoms with van der Waals surface area (Å²) in [5, 5.41) is 0.357. The van der Waals surface area contributed by atoms with Crippen molar-refractivity contribution >= 4 is 18.6 Å². The zero-order valence-corrected chi connectivity index (χ0v) is 10.3. The third-order valence-corrected chi connectivity index (χ3v) is 2.58. The van der Waals surface area contributed by atoms with Gasteiger partial charge in [0.1, 0.15) is 6.10 Å². The third kappa shape index (κ3) is 8.42. The molecule has 0 saturated carbocycles. The second kappa shape index (κ2) is 8.16. The van der Waals surface area contributed by atoms with Crippen LogP contribution in [-0.4, -0.2) is 17.3 Å². The highest BCUT2D eigenvalue weighted by Gasteiger charge is 2.11. The van der Waals surface area contributed by atoms with Crippen LogP contribution in [0, 0.1) is 0 Å². The van der Waals surface area contributed by atoms with Gasteiger partial charge in [-0.3, -0.25) is 4.79 Å². The summed E-state index contributed by atoms with van der Waals surface area (Å²) in [5.41, 5.74) is 0. The van der Waals surface area contributed by atoms with E-state index in [0.717, 1.165) is 12.8 Å². The summed E-state index contributed by atoms with van der Waals surface area (Å²) in [5.74, 6) is -0.202. The van der Waals surface area contributed by atoms with Gasteiger partial charge in [-0.2, -0.15) is 12.6 Å². The van der Waals surface area contributed by atoms with Crippen LogP contribution in [-0.2, 0) is 9.53 Å². The number of carbonyl (C=O) groups excluding carboxylic acids is 1. The van der Waals surface area contributed by atoms with Crippen molar-refractivity contribution in [3.05, 3.63) is 0 Å². The highest BCUT2D eigenvalue weighted by molar-refractivity contribution is 7.80. The fraction of sp³-hybridized carbons (Fsp3) is 0.909. The van der Waals surface area contributed by atoms with E-state index in [-0.39, 0.29) is 12.1 Å². The van der Waals surface area contributed by atoms with Crippen LogP contribution in [0.15, 0.2) is 0 Å². The molecule has 3 heteroatoms. The van der Waals surface area contributed by atoms with Crippen molar-refractivity contribution < 1.29 is 9.53 Å². The maximum absolute atomic E-state index is 10.6. The molecular weight excluding hydrogens is 196 g/mol. The number of rotatable bonds is 7. The van der Waals surface area contributed by atoms with E-state index < -0.39 is 0 Å². The Morgan fingerprint density at radius 1 is 1.43 bits per heavy atom. The highest BCUT2D eigenvalue weighted by Crippen LogP contribution is 2.15. The van der Waals surface area contributed by atoms with Crippen LogP contribution in [0.2, 0.25) is 0 Å². The van der Waals surface area contributed by atoms with E-state index >= 15 is 0 Å². The van der Waals surface area contributed by atoms with E-state index in [0.29, 0.717) is 5.25 Å². The van der Waals surface area contributed by atoms with E-state index in [4.69, 9.17) is 4.74 Å². The van der Waals surface area contributed by atoms with Crippen LogP contribution in [0.5, 0.6) is 0 Å². The molecule has 0 saturated heterocycles. The first kappa shape index (κ1) is 13.8. The summed E-state index contributed by atoms with van der Waals surface area (Å²) in [6.45, 7) is 5.56.